The predicted molar refractivity (Wildman–Crippen MR) is 85.5 cm³/mol. The van der Waals surface area contributed by atoms with E-state index in [-0.39, 0.29) is 19.3 Å². The molecular weight excluding hydrogens is 340 g/mol. The maximum atomic E-state index is 13.6. The van der Waals surface area contributed by atoms with Crippen molar-refractivity contribution < 1.29 is 32.9 Å². The van der Waals surface area contributed by atoms with Crippen molar-refractivity contribution in [2.45, 2.75) is 70.7 Å². The van der Waals surface area contributed by atoms with Gasteiger partial charge < -0.3 is 15.3 Å². The quantitative estimate of drug-likeness (QED) is 0.181. The van der Waals surface area contributed by atoms with E-state index in [4.69, 9.17) is 0 Å². The van der Waals surface area contributed by atoms with Crippen molar-refractivity contribution in [2.24, 2.45) is 5.92 Å². The van der Waals surface area contributed by atoms with Crippen molar-refractivity contribution >= 4 is 0 Å². The van der Waals surface area contributed by atoms with E-state index >= 15 is 0 Å². The molecule has 0 aromatic heterocycles. The summed E-state index contributed by atoms with van der Waals surface area (Å²) in [7, 11) is 0. The van der Waals surface area contributed by atoms with Crippen LogP contribution in [-0.4, -0.2) is 21.3 Å². The average Bonchev–Trinajstić information content (AvgIpc) is 2.54. The number of benzene rings is 1. The van der Waals surface area contributed by atoms with Gasteiger partial charge in [-0.2, -0.15) is 0 Å². The molecule has 0 aliphatic heterocycles. The van der Waals surface area contributed by atoms with E-state index in [2.05, 4.69) is 6.92 Å². The molecule has 3 nitrogen and oxygen atoms in total. The first-order valence-corrected chi connectivity index (χ1v) is 8.67. The van der Waals surface area contributed by atoms with Crippen LogP contribution in [-0.2, 0) is 6.42 Å². The highest BCUT2D eigenvalue weighted by Crippen LogP contribution is 2.27. The average molecular weight is 366 g/mol. The Balaban J connectivity index is 2.62. The fourth-order valence-corrected chi connectivity index (χ4v) is 2.84. The standard InChI is InChI=1S/C18H26F4O3/c1-2-3-4-5-6-7-8-13(18(23,24)25)10-9-12-11-14(19)16(21)17(22)15(12)20/h11,13,23-25H,2-10H2,1H3. The summed E-state index contributed by atoms with van der Waals surface area (Å²) < 4.78 is 53.0. The van der Waals surface area contributed by atoms with Crippen LogP contribution in [0.1, 0.15) is 63.9 Å². The van der Waals surface area contributed by atoms with Crippen LogP contribution in [0.5, 0.6) is 0 Å². The van der Waals surface area contributed by atoms with Gasteiger partial charge in [-0.1, -0.05) is 45.4 Å². The van der Waals surface area contributed by atoms with E-state index in [1.807, 2.05) is 0 Å². The summed E-state index contributed by atoms with van der Waals surface area (Å²) in [4.78, 5) is 0. The molecule has 1 atom stereocenters. The minimum absolute atomic E-state index is 0.111. The molecule has 1 aromatic carbocycles. The van der Waals surface area contributed by atoms with Gasteiger partial charge in [-0.05, 0) is 30.9 Å². The first-order chi connectivity index (χ1) is 11.7. The van der Waals surface area contributed by atoms with Crippen molar-refractivity contribution in [2.75, 3.05) is 0 Å². The van der Waals surface area contributed by atoms with Gasteiger partial charge in [-0.15, -0.1) is 0 Å². The highest BCUT2D eigenvalue weighted by atomic mass is 19.2. The van der Waals surface area contributed by atoms with E-state index in [1.54, 1.807) is 0 Å². The molecule has 0 bridgehead atoms. The van der Waals surface area contributed by atoms with Gasteiger partial charge in [-0.3, -0.25) is 0 Å². The third-order valence-corrected chi connectivity index (χ3v) is 4.39. The van der Waals surface area contributed by atoms with Crippen LogP contribution in [0.2, 0.25) is 0 Å². The van der Waals surface area contributed by atoms with Crippen molar-refractivity contribution in [3.8, 4) is 0 Å². The number of hydrogen-bond acceptors (Lipinski definition) is 3. The molecular formula is C18H26F4O3. The number of rotatable bonds is 11. The lowest BCUT2D eigenvalue weighted by Gasteiger charge is -2.26. The van der Waals surface area contributed by atoms with Gasteiger partial charge in [0.25, 0.3) is 5.97 Å². The van der Waals surface area contributed by atoms with Gasteiger partial charge in [0, 0.05) is 5.92 Å². The van der Waals surface area contributed by atoms with Crippen molar-refractivity contribution in [3.63, 3.8) is 0 Å². The van der Waals surface area contributed by atoms with E-state index in [1.165, 1.54) is 0 Å². The zero-order chi connectivity index (χ0) is 19.0. The molecule has 0 aliphatic rings. The molecule has 3 N–H and O–H groups in total. The largest absolute Gasteiger partial charge is 0.343 e. The Morgan fingerprint density at radius 1 is 0.840 bits per heavy atom. The third-order valence-electron chi connectivity index (χ3n) is 4.39. The smallest absolute Gasteiger partial charge is 0.278 e. The summed E-state index contributed by atoms with van der Waals surface area (Å²) in [5.74, 6) is -10.8. The SMILES string of the molecule is CCCCCCCCC(CCc1cc(F)c(F)c(F)c1F)C(O)(O)O. The first-order valence-electron chi connectivity index (χ1n) is 8.67. The summed E-state index contributed by atoms with van der Waals surface area (Å²) in [6.45, 7) is 2.09. The summed E-state index contributed by atoms with van der Waals surface area (Å²) in [6.07, 6.45) is 5.66. The number of hydrogen-bond donors (Lipinski definition) is 3. The van der Waals surface area contributed by atoms with Crippen molar-refractivity contribution in [1.29, 1.82) is 0 Å². The van der Waals surface area contributed by atoms with Crippen LogP contribution in [0.25, 0.3) is 0 Å². The van der Waals surface area contributed by atoms with E-state index in [0.29, 0.717) is 12.5 Å². The first kappa shape index (κ1) is 21.9. The van der Waals surface area contributed by atoms with Gasteiger partial charge in [0.2, 0.25) is 0 Å². The Labute approximate surface area is 145 Å². The maximum absolute atomic E-state index is 13.6. The number of aryl methyl sites for hydroxylation is 1. The number of halogens is 4. The zero-order valence-electron chi connectivity index (χ0n) is 14.4. The highest BCUT2D eigenvalue weighted by molar-refractivity contribution is 5.22. The second-order valence-electron chi connectivity index (χ2n) is 6.44. The molecule has 7 heteroatoms. The summed E-state index contributed by atoms with van der Waals surface area (Å²) in [5, 5.41) is 28.3. The molecule has 0 saturated carbocycles. The Bertz CT molecular complexity index is 544. The molecule has 1 aromatic rings. The molecule has 0 radical (unpaired) electrons. The van der Waals surface area contributed by atoms with Crippen LogP contribution >= 0.6 is 0 Å². The van der Waals surface area contributed by atoms with Crippen LogP contribution in [0, 0.1) is 29.2 Å². The lowest BCUT2D eigenvalue weighted by Crippen LogP contribution is -2.37. The second kappa shape index (κ2) is 10.1. The van der Waals surface area contributed by atoms with Crippen LogP contribution in [0.4, 0.5) is 17.6 Å². The molecule has 0 heterocycles. The number of unbranched alkanes of at least 4 members (excludes halogenated alkanes) is 5. The topological polar surface area (TPSA) is 60.7 Å². The van der Waals surface area contributed by atoms with E-state index in [0.717, 1.165) is 32.1 Å². The van der Waals surface area contributed by atoms with Crippen LogP contribution in [0.15, 0.2) is 6.07 Å². The lowest BCUT2D eigenvalue weighted by molar-refractivity contribution is -0.343. The van der Waals surface area contributed by atoms with Crippen molar-refractivity contribution in [1.82, 2.24) is 0 Å². The molecule has 0 saturated heterocycles. The summed E-state index contributed by atoms with van der Waals surface area (Å²) in [5.41, 5.74) is -0.409. The number of aliphatic hydroxyl groups is 3. The zero-order valence-corrected chi connectivity index (χ0v) is 14.4. The van der Waals surface area contributed by atoms with Gasteiger partial charge >= 0.3 is 0 Å². The minimum Gasteiger partial charge on any atom is -0.343 e. The fraction of sp³-hybridized carbons (Fsp3) is 0.667. The lowest BCUT2D eigenvalue weighted by atomic mass is 9.91. The highest BCUT2D eigenvalue weighted by Gasteiger charge is 2.32. The summed E-state index contributed by atoms with van der Waals surface area (Å²) in [6, 6.07) is 0.545. The third kappa shape index (κ3) is 6.92. The molecule has 0 spiro atoms. The molecule has 0 aliphatic carbocycles. The molecule has 1 unspecified atom stereocenters. The maximum Gasteiger partial charge on any atom is 0.278 e. The Morgan fingerprint density at radius 3 is 2.04 bits per heavy atom. The molecule has 144 valence electrons. The fourth-order valence-electron chi connectivity index (χ4n) is 2.84. The van der Waals surface area contributed by atoms with Gasteiger partial charge in [-0.25, -0.2) is 17.6 Å². The van der Waals surface area contributed by atoms with Gasteiger partial charge in [0.1, 0.15) is 0 Å². The van der Waals surface area contributed by atoms with Crippen LogP contribution in [0.3, 0.4) is 0 Å². The van der Waals surface area contributed by atoms with E-state index in [9.17, 15) is 32.9 Å². The molecule has 1 rings (SSSR count). The van der Waals surface area contributed by atoms with Crippen molar-refractivity contribution in [3.05, 3.63) is 34.9 Å². The Hall–Kier alpha value is -1.18. The Kier molecular flexibility index (Phi) is 8.82. The molecule has 25 heavy (non-hydrogen) atoms. The normalized spacial score (nSPS) is 13.3. The second-order valence-corrected chi connectivity index (χ2v) is 6.44. The van der Waals surface area contributed by atoms with Crippen LogP contribution < -0.4 is 0 Å². The predicted octanol–water partition coefficient (Wildman–Crippen LogP) is 4.17. The van der Waals surface area contributed by atoms with Gasteiger partial charge in [0.15, 0.2) is 23.3 Å². The monoisotopic (exact) mass is 366 g/mol. The minimum atomic E-state index is -2.96. The molecule has 0 amide bonds. The van der Waals surface area contributed by atoms with E-state index < -0.39 is 40.7 Å². The Morgan fingerprint density at radius 2 is 1.44 bits per heavy atom. The van der Waals surface area contributed by atoms with Gasteiger partial charge in [0.05, 0.1) is 0 Å². The summed E-state index contributed by atoms with van der Waals surface area (Å²) >= 11 is 0. The molecule has 0 fully saturated rings.